The predicted octanol–water partition coefficient (Wildman–Crippen LogP) is 2.93. The number of ketones is 1. The zero-order valence-corrected chi connectivity index (χ0v) is 18.2. The summed E-state index contributed by atoms with van der Waals surface area (Å²) in [5.74, 6) is 0.834. The number of sulfone groups is 1. The van der Waals surface area contributed by atoms with Crippen LogP contribution in [0.25, 0.3) is 10.2 Å². The van der Waals surface area contributed by atoms with Gasteiger partial charge in [0.2, 0.25) is 0 Å². The van der Waals surface area contributed by atoms with Crippen molar-refractivity contribution in [3.8, 4) is 0 Å². The Morgan fingerprint density at radius 3 is 2.41 bits per heavy atom. The summed E-state index contributed by atoms with van der Waals surface area (Å²) in [7, 11) is -3.40. The Bertz CT molecular complexity index is 1200. The van der Waals surface area contributed by atoms with Crippen molar-refractivity contribution in [3.63, 3.8) is 0 Å². The minimum atomic E-state index is -3.40. The number of rotatable bonds is 4. The number of Topliss-reactive ketones (excluding diaryl/α,β-unsaturated/α-hetero) is 1. The molecule has 4 rings (SSSR count). The smallest absolute Gasteiger partial charge is 0.177 e. The van der Waals surface area contributed by atoms with Gasteiger partial charge >= 0.3 is 0 Å². The van der Waals surface area contributed by atoms with E-state index in [2.05, 4.69) is 27.9 Å². The van der Waals surface area contributed by atoms with Crippen LogP contribution in [0.3, 0.4) is 0 Å². The molecular formula is C20H22N4O3S2. The second-order valence-corrected chi connectivity index (χ2v) is 10.5. The normalized spacial score (nSPS) is 15.1. The number of benzene rings is 1. The monoisotopic (exact) mass is 430 g/mol. The summed E-state index contributed by atoms with van der Waals surface area (Å²) in [5.41, 5.74) is 1.11. The van der Waals surface area contributed by atoms with Gasteiger partial charge in [0, 0.05) is 42.9 Å². The molecule has 0 radical (unpaired) electrons. The molecular weight excluding hydrogens is 408 g/mol. The average Bonchev–Trinajstić information content (AvgIpc) is 3.07. The first-order valence-corrected chi connectivity index (χ1v) is 12.0. The third-order valence-corrected chi connectivity index (χ3v) is 7.22. The Labute approximate surface area is 173 Å². The van der Waals surface area contributed by atoms with Gasteiger partial charge in [-0.05, 0) is 38.1 Å². The van der Waals surface area contributed by atoms with Crippen LogP contribution < -0.4 is 9.80 Å². The molecule has 9 heteroatoms. The number of nitrogens with zero attached hydrogens (tertiary/aromatic N) is 4. The molecule has 1 aliphatic rings. The van der Waals surface area contributed by atoms with E-state index in [1.165, 1.54) is 24.1 Å². The Kier molecular flexibility index (Phi) is 5.04. The first-order chi connectivity index (χ1) is 13.7. The van der Waals surface area contributed by atoms with Gasteiger partial charge in [0.15, 0.2) is 15.6 Å². The van der Waals surface area contributed by atoms with E-state index < -0.39 is 9.84 Å². The van der Waals surface area contributed by atoms with Crippen molar-refractivity contribution in [1.29, 1.82) is 0 Å². The second-order valence-electron chi connectivity index (χ2n) is 7.26. The predicted molar refractivity (Wildman–Crippen MR) is 116 cm³/mol. The van der Waals surface area contributed by atoms with Crippen molar-refractivity contribution in [2.24, 2.45) is 0 Å². The quantitative estimate of drug-likeness (QED) is 0.589. The average molecular weight is 431 g/mol. The van der Waals surface area contributed by atoms with Crippen LogP contribution in [0.15, 0.2) is 35.5 Å². The number of aryl methyl sites for hydroxylation is 1. The maximum Gasteiger partial charge on any atom is 0.177 e. The highest BCUT2D eigenvalue weighted by molar-refractivity contribution is 7.90. The molecule has 0 amide bonds. The maximum absolute atomic E-state index is 12.3. The molecule has 7 nitrogen and oxygen atoms in total. The van der Waals surface area contributed by atoms with Crippen LogP contribution in [0.2, 0.25) is 0 Å². The maximum atomic E-state index is 12.3. The fraction of sp³-hybridized carbons (Fsp3) is 0.350. The Balaban J connectivity index is 1.63. The van der Waals surface area contributed by atoms with Gasteiger partial charge in [0.05, 0.1) is 16.0 Å². The number of piperazine rings is 1. The van der Waals surface area contributed by atoms with Crippen LogP contribution in [-0.4, -0.2) is 56.6 Å². The molecule has 3 aromatic rings. The van der Waals surface area contributed by atoms with Gasteiger partial charge in [0.25, 0.3) is 0 Å². The summed E-state index contributed by atoms with van der Waals surface area (Å²) in [4.78, 5) is 27.3. The zero-order chi connectivity index (χ0) is 20.8. The molecule has 1 fully saturated rings. The number of anilines is 2. The van der Waals surface area contributed by atoms with Crippen LogP contribution in [0.5, 0.6) is 0 Å². The lowest BCUT2D eigenvalue weighted by molar-refractivity contribution is 0.101. The molecule has 3 heterocycles. The lowest BCUT2D eigenvalue weighted by Gasteiger charge is -2.37. The van der Waals surface area contributed by atoms with E-state index >= 15 is 0 Å². The molecule has 0 atom stereocenters. The summed E-state index contributed by atoms with van der Waals surface area (Å²) in [5, 5.41) is 1.05. The topological polar surface area (TPSA) is 83.5 Å². The molecule has 29 heavy (non-hydrogen) atoms. The molecule has 152 valence electrons. The largest absolute Gasteiger partial charge is 0.367 e. The van der Waals surface area contributed by atoms with E-state index in [-0.39, 0.29) is 10.7 Å². The van der Waals surface area contributed by atoms with E-state index in [4.69, 9.17) is 0 Å². The first kappa shape index (κ1) is 19.8. The summed E-state index contributed by atoms with van der Waals surface area (Å²) >= 11 is 1.65. The summed E-state index contributed by atoms with van der Waals surface area (Å²) in [6, 6.07) is 6.92. The highest BCUT2D eigenvalue weighted by atomic mass is 32.2. The van der Waals surface area contributed by atoms with Gasteiger partial charge in [0.1, 0.15) is 17.0 Å². The Morgan fingerprint density at radius 2 is 1.76 bits per heavy atom. The summed E-state index contributed by atoms with van der Waals surface area (Å²) in [6.07, 6.45) is 2.80. The minimum Gasteiger partial charge on any atom is -0.367 e. The zero-order valence-electron chi connectivity index (χ0n) is 16.5. The van der Waals surface area contributed by atoms with E-state index in [0.29, 0.717) is 37.4 Å². The fourth-order valence-electron chi connectivity index (χ4n) is 3.67. The van der Waals surface area contributed by atoms with E-state index in [0.717, 1.165) is 16.0 Å². The van der Waals surface area contributed by atoms with Gasteiger partial charge in [-0.25, -0.2) is 18.4 Å². The second kappa shape index (κ2) is 7.38. The molecule has 0 aliphatic carbocycles. The molecule has 0 unspecified atom stereocenters. The van der Waals surface area contributed by atoms with Gasteiger partial charge in [-0.1, -0.05) is 0 Å². The minimum absolute atomic E-state index is 0.0823. The summed E-state index contributed by atoms with van der Waals surface area (Å²) in [6.45, 7) is 6.23. The number of fused-ring (bicyclic) bond motifs is 1. The van der Waals surface area contributed by atoms with E-state index in [1.807, 2.05) is 4.90 Å². The number of hydrogen-bond donors (Lipinski definition) is 0. The molecule has 0 spiro atoms. The Morgan fingerprint density at radius 1 is 1.07 bits per heavy atom. The lowest BCUT2D eigenvalue weighted by Crippen LogP contribution is -2.47. The number of thiophene rings is 1. The number of hydrogen-bond acceptors (Lipinski definition) is 8. The van der Waals surface area contributed by atoms with Crippen LogP contribution in [0, 0.1) is 6.92 Å². The van der Waals surface area contributed by atoms with Crippen LogP contribution in [-0.2, 0) is 9.84 Å². The van der Waals surface area contributed by atoms with E-state index in [9.17, 15) is 13.2 Å². The van der Waals surface area contributed by atoms with Crippen molar-refractivity contribution in [2.75, 3.05) is 42.2 Å². The first-order valence-electron chi connectivity index (χ1n) is 9.30. The van der Waals surface area contributed by atoms with Gasteiger partial charge < -0.3 is 9.80 Å². The molecule has 2 aromatic heterocycles. The number of carbonyl (C=O) groups is 1. The van der Waals surface area contributed by atoms with E-state index in [1.54, 1.807) is 29.8 Å². The van der Waals surface area contributed by atoms with Crippen molar-refractivity contribution in [3.05, 3.63) is 41.0 Å². The van der Waals surface area contributed by atoms with Crippen molar-refractivity contribution >= 4 is 48.7 Å². The number of aromatic nitrogens is 2. The molecule has 1 aromatic carbocycles. The molecule has 0 bridgehead atoms. The van der Waals surface area contributed by atoms with Crippen LogP contribution in [0.1, 0.15) is 22.2 Å². The highest BCUT2D eigenvalue weighted by Crippen LogP contribution is 2.32. The van der Waals surface area contributed by atoms with Gasteiger partial charge in [-0.3, -0.25) is 4.79 Å². The third-order valence-electron chi connectivity index (χ3n) is 5.12. The van der Waals surface area contributed by atoms with Crippen LogP contribution in [0.4, 0.5) is 11.5 Å². The molecule has 1 aliphatic heterocycles. The van der Waals surface area contributed by atoms with Gasteiger partial charge in [-0.2, -0.15) is 0 Å². The van der Waals surface area contributed by atoms with Crippen molar-refractivity contribution in [1.82, 2.24) is 9.97 Å². The molecule has 1 saturated heterocycles. The SMILES string of the molecule is CC(=O)c1ccc(S(C)(=O)=O)c(N2CCN(c3ncnc4sc(C)cc34)CC2)c1. The molecule has 0 N–H and O–H groups in total. The van der Waals surface area contributed by atoms with Crippen LogP contribution >= 0.6 is 11.3 Å². The Hall–Kier alpha value is -2.52. The standard InChI is InChI=1S/C20H22N4O3S2/c1-13-10-16-19(21-12-22-20(16)28-13)24-8-6-23(7-9-24)17-11-15(14(2)25)4-5-18(17)29(3,26)27/h4-5,10-12H,6-9H2,1-3H3. The van der Waals surface area contributed by atoms with Crippen molar-refractivity contribution < 1.29 is 13.2 Å². The number of carbonyl (C=O) groups excluding carboxylic acids is 1. The lowest BCUT2D eigenvalue weighted by atomic mass is 10.1. The molecule has 0 saturated carbocycles. The fourth-order valence-corrected chi connectivity index (χ4v) is 5.40. The third kappa shape index (κ3) is 3.84. The van der Waals surface area contributed by atoms with Crippen molar-refractivity contribution in [2.45, 2.75) is 18.7 Å². The summed E-state index contributed by atoms with van der Waals surface area (Å²) < 4.78 is 24.5. The van der Waals surface area contributed by atoms with Gasteiger partial charge in [-0.15, -0.1) is 11.3 Å². The highest BCUT2D eigenvalue weighted by Gasteiger charge is 2.25.